The molecule has 0 atom stereocenters. The highest BCUT2D eigenvalue weighted by molar-refractivity contribution is 7.87. The van der Waals surface area contributed by atoms with Crippen molar-refractivity contribution in [2.45, 2.75) is 11.8 Å². The van der Waals surface area contributed by atoms with E-state index in [1.165, 1.54) is 12.1 Å². The Hall–Kier alpha value is -0.960. The lowest BCUT2D eigenvalue weighted by atomic mass is 10.2. The Bertz CT molecular complexity index is 586. The first-order chi connectivity index (χ1) is 8.21. The predicted octanol–water partition coefficient (Wildman–Crippen LogP) is 0.838. The average Bonchev–Trinajstić information content (AvgIpc) is 2.24. The molecular formula is C10H13O6S2. The topological polar surface area (TPSA) is 86.7 Å². The fraction of sp³-hybridized carbons (Fsp3) is 0.300. The molecule has 0 fully saturated rings. The molecule has 1 rings (SSSR count). The Morgan fingerprint density at radius 1 is 1.11 bits per heavy atom. The van der Waals surface area contributed by atoms with Gasteiger partial charge in [-0.15, -0.1) is 0 Å². The summed E-state index contributed by atoms with van der Waals surface area (Å²) in [4.78, 5) is -0.0105. The second kappa shape index (κ2) is 5.79. The van der Waals surface area contributed by atoms with E-state index in [1.54, 1.807) is 12.1 Å². The van der Waals surface area contributed by atoms with Gasteiger partial charge in [0, 0.05) is 0 Å². The van der Waals surface area contributed by atoms with Crippen molar-refractivity contribution in [2.75, 3.05) is 12.9 Å². The zero-order chi connectivity index (χ0) is 13.8. The standard InChI is InChI=1S/C10H13O6S2/c1-9-3-5-10(6-4-9)18(13,14)16-8-7-15-17(2,11)12/h3-6,8H,7H2,1-2H3. The monoisotopic (exact) mass is 293 g/mol. The Morgan fingerprint density at radius 2 is 1.67 bits per heavy atom. The maximum absolute atomic E-state index is 11.6. The van der Waals surface area contributed by atoms with Crippen LogP contribution < -0.4 is 0 Å². The van der Waals surface area contributed by atoms with Crippen molar-refractivity contribution < 1.29 is 25.2 Å². The van der Waals surface area contributed by atoms with Crippen LogP contribution in [0.4, 0.5) is 0 Å². The molecule has 8 heteroatoms. The van der Waals surface area contributed by atoms with E-state index in [4.69, 9.17) is 0 Å². The summed E-state index contributed by atoms with van der Waals surface area (Å²) >= 11 is 0. The van der Waals surface area contributed by atoms with E-state index in [0.717, 1.165) is 18.4 Å². The molecule has 18 heavy (non-hydrogen) atoms. The maximum atomic E-state index is 11.6. The molecule has 0 N–H and O–H groups in total. The number of rotatable bonds is 6. The molecule has 1 radical (unpaired) electrons. The molecule has 0 saturated carbocycles. The predicted molar refractivity (Wildman–Crippen MR) is 64.5 cm³/mol. The second-order valence-corrected chi connectivity index (χ2v) is 6.73. The summed E-state index contributed by atoms with van der Waals surface area (Å²) in [6.45, 7) is 2.13. The van der Waals surface area contributed by atoms with Gasteiger partial charge in [-0.3, -0.25) is 8.37 Å². The van der Waals surface area contributed by atoms with Gasteiger partial charge in [-0.1, -0.05) is 17.7 Å². The van der Waals surface area contributed by atoms with E-state index in [1.807, 2.05) is 6.92 Å². The molecule has 0 bridgehead atoms. The van der Waals surface area contributed by atoms with Gasteiger partial charge in [0.15, 0.2) is 0 Å². The molecule has 1 aromatic carbocycles. The average molecular weight is 293 g/mol. The smallest absolute Gasteiger partial charge is 0.267 e. The molecule has 6 nitrogen and oxygen atoms in total. The van der Waals surface area contributed by atoms with E-state index in [0.29, 0.717) is 0 Å². The van der Waals surface area contributed by atoms with Crippen LogP contribution in [-0.2, 0) is 28.6 Å². The van der Waals surface area contributed by atoms with Crippen LogP contribution >= 0.6 is 0 Å². The Morgan fingerprint density at radius 3 is 2.17 bits per heavy atom. The van der Waals surface area contributed by atoms with Gasteiger partial charge in [0.2, 0.25) is 0 Å². The highest BCUT2D eigenvalue weighted by Crippen LogP contribution is 2.14. The van der Waals surface area contributed by atoms with Crippen molar-refractivity contribution in [3.05, 3.63) is 36.4 Å². The third-order valence-electron chi connectivity index (χ3n) is 1.85. The maximum Gasteiger partial charge on any atom is 0.297 e. The van der Waals surface area contributed by atoms with Gasteiger partial charge < -0.3 is 0 Å². The van der Waals surface area contributed by atoms with Crippen molar-refractivity contribution in [3.8, 4) is 0 Å². The molecule has 0 heterocycles. The Balaban J connectivity index is 2.58. The minimum absolute atomic E-state index is 0.0105. The van der Waals surface area contributed by atoms with Crippen molar-refractivity contribution in [2.24, 2.45) is 0 Å². The molecular weight excluding hydrogens is 280 g/mol. The Kier molecular flexibility index (Phi) is 4.85. The molecule has 0 aromatic heterocycles. The lowest BCUT2D eigenvalue weighted by Gasteiger charge is -2.05. The van der Waals surface area contributed by atoms with Crippen LogP contribution in [0.15, 0.2) is 29.2 Å². The van der Waals surface area contributed by atoms with Gasteiger partial charge in [-0.25, -0.2) is 0 Å². The SMILES string of the molecule is Cc1ccc(S(=O)(=O)O[CH]COS(C)(=O)=O)cc1. The van der Waals surface area contributed by atoms with Crippen LogP contribution in [0.5, 0.6) is 0 Å². The Labute approximate surface area is 107 Å². The summed E-state index contributed by atoms with van der Waals surface area (Å²) in [6.07, 6.45) is 0.856. The summed E-state index contributed by atoms with van der Waals surface area (Å²) in [6, 6.07) is 6.05. The molecule has 0 spiro atoms. The van der Waals surface area contributed by atoms with Crippen molar-refractivity contribution in [1.82, 2.24) is 0 Å². The first-order valence-corrected chi connectivity index (χ1v) is 8.09. The van der Waals surface area contributed by atoms with Crippen LogP contribution in [0.2, 0.25) is 0 Å². The van der Waals surface area contributed by atoms with E-state index in [-0.39, 0.29) is 4.90 Å². The van der Waals surface area contributed by atoms with Crippen LogP contribution in [0.3, 0.4) is 0 Å². The van der Waals surface area contributed by atoms with Crippen molar-refractivity contribution in [1.29, 1.82) is 0 Å². The highest BCUT2D eigenvalue weighted by atomic mass is 32.2. The van der Waals surface area contributed by atoms with E-state index < -0.39 is 26.8 Å². The lowest BCUT2D eigenvalue weighted by Crippen LogP contribution is -2.10. The number of hydrogen-bond acceptors (Lipinski definition) is 6. The molecule has 101 valence electrons. The van der Waals surface area contributed by atoms with Crippen LogP contribution in [-0.4, -0.2) is 29.7 Å². The third kappa shape index (κ3) is 5.13. The minimum Gasteiger partial charge on any atom is -0.267 e. The molecule has 0 aliphatic carbocycles. The van der Waals surface area contributed by atoms with E-state index in [2.05, 4.69) is 8.37 Å². The van der Waals surface area contributed by atoms with Crippen molar-refractivity contribution in [3.63, 3.8) is 0 Å². The fourth-order valence-corrected chi connectivity index (χ4v) is 2.15. The lowest BCUT2D eigenvalue weighted by molar-refractivity contribution is 0.278. The highest BCUT2D eigenvalue weighted by Gasteiger charge is 2.15. The largest absolute Gasteiger partial charge is 0.297 e. The summed E-state index contributed by atoms with van der Waals surface area (Å²) < 4.78 is 53.3. The summed E-state index contributed by atoms with van der Waals surface area (Å²) in [5, 5.41) is 0. The fourth-order valence-electron chi connectivity index (χ4n) is 1.03. The van der Waals surface area contributed by atoms with Crippen LogP contribution in [0.1, 0.15) is 5.56 Å². The zero-order valence-electron chi connectivity index (χ0n) is 9.86. The van der Waals surface area contributed by atoms with Crippen LogP contribution in [0, 0.1) is 13.5 Å². The molecule has 0 aliphatic heterocycles. The molecule has 0 saturated heterocycles. The summed E-state index contributed by atoms with van der Waals surface area (Å²) in [5.74, 6) is 0. The summed E-state index contributed by atoms with van der Waals surface area (Å²) in [7, 11) is -7.54. The molecule has 1 aromatic rings. The quantitative estimate of drug-likeness (QED) is 0.570. The van der Waals surface area contributed by atoms with Gasteiger partial charge in [0.25, 0.3) is 20.2 Å². The minimum atomic E-state index is -3.93. The van der Waals surface area contributed by atoms with Gasteiger partial charge in [-0.2, -0.15) is 16.8 Å². The first kappa shape index (κ1) is 15.1. The van der Waals surface area contributed by atoms with Gasteiger partial charge in [0.1, 0.15) is 6.61 Å². The summed E-state index contributed by atoms with van der Waals surface area (Å²) in [5.41, 5.74) is 0.915. The normalized spacial score (nSPS) is 12.6. The van der Waals surface area contributed by atoms with Crippen molar-refractivity contribution >= 4 is 20.2 Å². The van der Waals surface area contributed by atoms with Gasteiger partial charge in [0.05, 0.1) is 17.8 Å². The third-order valence-corrected chi connectivity index (χ3v) is 3.66. The second-order valence-electron chi connectivity index (χ2n) is 3.52. The van der Waals surface area contributed by atoms with Gasteiger partial charge >= 0.3 is 0 Å². The number of hydrogen-bond donors (Lipinski definition) is 0. The van der Waals surface area contributed by atoms with Crippen LogP contribution in [0.25, 0.3) is 0 Å². The number of aryl methyl sites for hydroxylation is 1. The first-order valence-electron chi connectivity index (χ1n) is 4.87. The van der Waals surface area contributed by atoms with E-state index >= 15 is 0 Å². The van der Waals surface area contributed by atoms with Gasteiger partial charge in [-0.05, 0) is 19.1 Å². The molecule has 0 unspecified atom stereocenters. The number of benzene rings is 1. The molecule has 0 aliphatic rings. The molecule has 0 amide bonds. The van der Waals surface area contributed by atoms with E-state index in [9.17, 15) is 16.8 Å². The zero-order valence-corrected chi connectivity index (χ0v) is 11.5.